The smallest absolute Gasteiger partial charge is 0.548 e. The molecular weight excluding hydrogens is 243 g/mol. The van der Waals surface area contributed by atoms with Gasteiger partial charge in [-0.05, 0) is 32.4 Å². The maximum absolute atomic E-state index is 11.5. The van der Waals surface area contributed by atoms with Crippen molar-refractivity contribution >= 4 is 12.1 Å². The molecule has 0 spiro atoms. The Labute approximate surface area is 126 Å². The molecule has 1 aliphatic heterocycles. The predicted molar refractivity (Wildman–Crippen MR) is 63.8 cm³/mol. The number of hydrogen-bond donors (Lipinski definition) is 1. The molecule has 1 unspecified atom stereocenters. The third-order valence-corrected chi connectivity index (χ3v) is 3.27. The van der Waals surface area contributed by atoms with Gasteiger partial charge in [-0.25, -0.2) is 4.79 Å². The maximum Gasteiger partial charge on any atom is 1.00 e. The molecule has 1 amide bonds. The molecule has 1 fully saturated rings. The first-order chi connectivity index (χ1) is 8.41. The van der Waals surface area contributed by atoms with Crippen molar-refractivity contribution in [2.24, 2.45) is 5.92 Å². The third-order valence-electron chi connectivity index (χ3n) is 3.27. The minimum Gasteiger partial charge on any atom is -0.548 e. The summed E-state index contributed by atoms with van der Waals surface area (Å²) in [5, 5.41) is 13.1. The van der Waals surface area contributed by atoms with E-state index in [1.54, 1.807) is 13.8 Å². The summed E-state index contributed by atoms with van der Waals surface area (Å²) in [5.41, 5.74) is 0. The molecule has 0 saturated carbocycles. The Morgan fingerprint density at radius 2 is 2.11 bits per heavy atom. The maximum atomic E-state index is 11.5. The van der Waals surface area contributed by atoms with E-state index in [-0.39, 0.29) is 30.8 Å². The summed E-state index contributed by atoms with van der Waals surface area (Å²) in [6.07, 6.45) is 1.40. The molecule has 19 heavy (non-hydrogen) atoms. The summed E-state index contributed by atoms with van der Waals surface area (Å²) < 4.78 is 5.04. The Bertz CT molecular complexity index is 312. The number of carbonyl (C=O) groups excluding carboxylic acids is 2. The van der Waals surface area contributed by atoms with Gasteiger partial charge >= 0.3 is 25.0 Å². The number of nitrogens with one attached hydrogen (secondary N) is 1. The van der Waals surface area contributed by atoms with Crippen molar-refractivity contribution in [1.29, 1.82) is 0 Å². The second kappa shape index (κ2) is 8.46. The SMILES string of the molecule is CC(C)[C@H](NC(=O)OCC1CCCN1C)C(=O)[O-].[Li+]. The first kappa shape index (κ1) is 18.3. The molecule has 1 rings (SSSR count). The van der Waals surface area contributed by atoms with E-state index in [9.17, 15) is 14.7 Å². The number of carbonyl (C=O) groups is 2. The minimum absolute atomic E-state index is 0. The number of nitrogens with zero attached hydrogens (tertiary/aromatic N) is 1. The number of ether oxygens (including phenoxy) is 1. The van der Waals surface area contributed by atoms with E-state index in [1.165, 1.54) is 0 Å². The standard InChI is InChI=1S/C12H22N2O4.Li/c1-8(2)10(11(15)16)13-12(17)18-7-9-5-4-6-14(9)3;/h8-10H,4-7H2,1-3H3,(H,13,17)(H,15,16);/q;+1/p-1/t9?,10-;/m0./s1. The van der Waals surface area contributed by atoms with Crippen LogP contribution in [0, 0.1) is 5.92 Å². The first-order valence-electron chi connectivity index (χ1n) is 6.26. The van der Waals surface area contributed by atoms with Crippen LogP contribution in [0.2, 0.25) is 0 Å². The Hall–Kier alpha value is -0.703. The number of hydrogen-bond acceptors (Lipinski definition) is 5. The van der Waals surface area contributed by atoms with E-state index in [2.05, 4.69) is 10.2 Å². The summed E-state index contributed by atoms with van der Waals surface area (Å²) in [4.78, 5) is 24.4. The number of likely N-dealkylation sites (tertiary alicyclic amines) is 1. The summed E-state index contributed by atoms with van der Waals surface area (Å²) in [7, 11) is 1.98. The van der Waals surface area contributed by atoms with E-state index in [0.29, 0.717) is 6.61 Å². The molecule has 1 aliphatic rings. The van der Waals surface area contributed by atoms with Crippen molar-refractivity contribution in [3.63, 3.8) is 0 Å². The summed E-state index contributed by atoms with van der Waals surface area (Å²) in [6, 6.07) is -0.782. The van der Waals surface area contributed by atoms with E-state index in [1.807, 2.05) is 7.05 Å². The van der Waals surface area contributed by atoms with Crippen LogP contribution in [-0.4, -0.2) is 49.2 Å². The molecule has 0 aromatic rings. The van der Waals surface area contributed by atoms with E-state index in [4.69, 9.17) is 4.74 Å². The number of rotatable bonds is 5. The van der Waals surface area contributed by atoms with Crippen LogP contribution in [0.25, 0.3) is 0 Å². The van der Waals surface area contributed by atoms with E-state index in [0.717, 1.165) is 19.4 Å². The molecule has 0 aliphatic carbocycles. The fourth-order valence-electron chi connectivity index (χ4n) is 2.03. The van der Waals surface area contributed by atoms with Gasteiger partial charge in [-0.2, -0.15) is 0 Å². The van der Waals surface area contributed by atoms with Crippen LogP contribution in [0.1, 0.15) is 26.7 Å². The first-order valence-corrected chi connectivity index (χ1v) is 6.26. The van der Waals surface area contributed by atoms with Crippen LogP contribution in [0.4, 0.5) is 4.79 Å². The number of carboxylic acids is 1. The average Bonchev–Trinajstić information content (AvgIpc) is 2.68. The molecule has 1 N–H and O–H groups in total. The number of likely N-dealkylation sites (N-methyl/N-ethyl adjacent to an activating group) is 1. The Morgan fingerprint density at radius 3 is 2.53 bits per heavy atom. The van der Waals surface area contributed by atoms with Crippen LogP contribution in [0.5, 0.6) is 0 Å². The molecule has 104 valence electrons. The second-order valence-corrected chi connectivity index (χ2v) is 5.06. The average molecular weight is 264 g/mol. The number of aliphatic carboxylic acids is 1. The molecule has 0 aromatic heterocycles. The molecule has 1 heterocycles. The van der Waals surface area contributed by atoms with Crippen molar-refractivity contribution < 1.29 is 38.3 Å². The molecule has 6 nitrogen and oxygen atoms in total. The summed E-state index contributed by atoms with van der Waals surface area (Å²) in [5.74, 6) is -1.53. The molecule has 0 radical (unpaired) electrons. The van der Waals surface area contributed by atoms with Gasteiger partial charge in [0.25, 0.3) is 0 Å². The van der Waals surface area contributed by atoms with Gasteiger partial charge in [-0.3, -0.25) is 0 Å². The molecule has 0 bridgehead atoms. The monoisotopic (exact) mass is 264 g/mol. The van der Waals surface area contributed by atoms with Crippen molar-refractivity contribution in [3.05, 3.63) is 0 Å². The van der Waals surface area contributed by atoms with E-state index >= 15 is 0 Å². The topological polar surface area (TPSA) is 81.7 Å². The van der Waals surface area contributed by atoms with E-state index < -0.39 is 18.1 Å². The van der Waals surface area contributed by atoms with Crippen molar-refractivity contribution in [1.82, 2.24) is 10.2 Å². The van der Waals surface area contributed by atoms with Gasteiger partial charge in [0.15, 0.2) is 0 Å². The fourth-order valence-corrected chi connectivity index (χ4v) is 2.03. The minimum atomic E-state index is -1.29. The van der Waals surface area contributed by atoms with Crippen LogP contribution in [0.3, 0.4) is 0 Å². The Kier molecular flexibility index (Phi) is 8.15. The van der Waals surface area contributed by atoms with Crippen LogP contribution in [0.15, 0.2) is 0 Å². The Balaban J connectivity index is 0.00000324. The molecule has 2 atom stereocenters. The van der Waals surface area contributed by atoms with Gasteiger partial charge in [0, 0.05) is 6.04 Å². The van der Waals surface area contributed by atoms with Crippen LogP contribution >= 0.6 is 0 Å². The van der Waals surface area contributed by atoms with Gasteiger partial charge in [0.2, 0.25) is 0 Å². The molecular formula is C12H21LiN2O4. The molecule has 1 saturated heterocycles. The van der Waals surface area contributed by atoms with Gasteiger partial charge in [0.1, 0.15) is 6.61 Å². The summed E-state index contributed by atoms with van der Waals surface area (Å²) in [6.45, 7) is 4.69. The van der Waals surface area contributed by atoms with Crippen LogP contribution in [-0.2, 0) is 9.53 Å². The quantitative estimate of drug-likeness (QED) is 0.523. The van der Waals surface area contributed by atoms with Crippen LogP contribution < -0.4 is 29.3 Å². The zero-order chi connectivity index (χ0) is 13.7. The zero-order valence-corrected chi connectivity index (χ0v) is 12.1. The Morgan fingerprint density at radius 1 is 1.47 bits per heavy atom. The van der Waals surface area contributed by atoms with Crippen molar-refractivity contribution in [3.8, 4) is 0 Å². The molecule has 0 aromatic carbocycles. The number of carboxylic acid groups (broad SMARTS) is 1. The normalized spacial score (nSPS) is 20.7. The number of amides is 1. The summed E-state index contributed by atoms with van der Waals surface area (Å²) >= 11 is 0. The number of alkyl carbamates (subject to hydrolysis) is 1. The third kappa shape index (κ3) is 5.85. The molecule has 7 heteroatoms. The zero-order valence-electron chi connectivity index (χ0n) is 12.1. The van der Waals surface area contributed by atoms with Gasteiger partial charge in [0.05, 0.1) is 12.0 Å². The van der Waals surface area contributed by atoms with Gasteiger partial charge in [-0.15, -0.1) is 0 Å². The van der Waals surface area contributed by atoms with Gasteiger partial charge < -0.3 is 24.9 Å². The van der Waals surface area contributed by atoms with Crippen molar-refractivity contribution in [2.75, 3.05) is 20.2 Å². The second-order valence-electron chi connectivity index (χ2n) is 5.06. The predicted octanol–water partition coefficient (Wildman–Crippen LogP) is -3.41. The fraction of sp³-hybridized carbons (Fsp3) is 0.833. The van der Waals surface area contributed by atoms with Crippen molar-refractivity contribution in [2.45, 2.75) is 38.8 Å². The largest absolute Gasteiger partial charge is 1.00 e. The van der Waals surface area contributed by atoms with Gasteiger partial charge in [-0.1, -0.05) is 13.8 Å².